The van der Waals surface area contributed by atoms with E-state index in [1.165, 1.54) is 0 Å². The van der Waals surface area contributed by atoms with Crippen molar-refractivity contribution in [2.75, 3.05) is 40.0 Å². The van der Waals surface area contributed by atoms with Crippen LogP contribution in [-0.2, 0) is 11.3 Å². The number of fused-ring (bicyclic) bond motifs is 1. The van der Waals surface area contributed by atoms with Gasteiger partial charge in [0, 0.05) is 25.0 Å². The third kappa shape index (κ3) is 3.29. The lowest BCUT2D eigenvalue weighted by atomic mass is 10.1. The van der Waals surface area contributed by atoms with Crippen molar-refractivity contribution < 1.29 is 18.7 Å². The SMILES string of the molecule is COc1ccc(CN2CCOCC2)c2cc(C(=O)C3CCCN3)oc12. The summed E-state index contributed by atoms with van der Waals surface area (Å²) in [5.74, 6) is 1.12. The molecule has 0 amide bonds. The third-order valence-corrected chi connectivity index (χ3v) is 5.07. The van der Waals surface area contributed by atoms with E-state index in [0.29, 0.717) is 17.1 Å². The molecule has 1 atom stereocenters. The molecule has 4 rings (SSSR count). The highest BCUT2D eigenvalue weighted by molar-refractivity contribution is 6.02. The molecule has 1 aromatic heterocycles. The molecule has 1 N–H and O–H groups in total. The predicted octanol–water partition coefficient (Wildman–Crippen LogP) is 2.21. The van der Waals surface area contributed by atoms with Crippen LogP contribution in [0.4, 0.5) is 0 Å². The van der Waals surface area contributed by atoms with Gasteiger partial charge in [0.15, 0.2) is 17.1 Å². The van der Waals surface area contributed by atoms with Crippen LogP contribution in [0.25, 0.3) is 11.0 Å². The van der Waals surface area contributed by atoms with Crippen LogP contribution in [-0.4, -0.2) is 56.7 Å². The average molecular weight is 344 g/mol. The van der Waals surface area contributed by atoms with Crippen molar-refractivity contribution in [1.82, 2.24) is 10.2 Å². The first-order chi connectivity index (χ1) is 12.3. The Bertz CT molecular complexity index is 758. The van der Waals surface area contributed by atoms with E-state index in [9.17, 15) is 4.79 Å². The van der Waals surface area contributed by atoms with Crippen molar-refractivity contribution >= 4 is 16.8 Å². The normalized spacial score (nSPS) is 21.7. The number of carbonyl (C=O) groups is 1. The van der Waals surface area contributed by atoms with Crippen LogP contribution in [0.2, 0.25) is 0 Å². The molecule has 25 heavy (non-hydrogen) atoms. The Morgan fingerprint density at radius 2 is 2.20 bits per heavy atom. The number of ether oxygens (including phenoxy) is 2. The number of hydrogen-bond donors (Lipinski definition) is 1. The third-order valence-electron chi connectivity index (χ3n) is 5.07. The number of methoxy groups -OCH3 is 1. The second kappa shape index (κ2) is 7.15. The first-order valence-electron chi connectivity index (χ1n) is 8.93. The number of morpholine rings is 1. The van der Waals surface area contributed by atoms with Crippen LogP contribution < -0.4 is 10.1 Å². The monoisotopic (exact) mass is 344 g/mol. The molecule has 1 unspecified atom stereocenters. The van der Waals surface area contributed by atoms with Crippen molar-refractivity contribution in [1.29, 1.82) is 0 Å². The Morgan fingerprint density at radius 1 is 1.36 bits per heavy atom. The molecule has 0 bridgehead atoms. The van der Waals surface area contributed by atoms with Gasteiger partial charge in [-0.25, -0.2) is 0 Å². The average Bonchev–Trinajstić information content (AvgIpc) is 3.32. The number of nitrogens with zero attached hydrogens (tertiary/aromatic N) is 1. The molecule has 2 aliphatic rings. The van der Waals surface area contributed by atoms with Crippen LogP contribution in [0.1, 0.15) is 29.0 Å². The van der Waals surface area contributed by atoms with E-state index < -0.39 is 0 Å². The van der Waals surface area contributed by atoms with Crippen LogP contribution in [0.3, 0.4) is 0 Å². The highest BCUT2D eigenvalue weighted by atomic mass is 16.5. The van der Waals surface area contributed by atoms with Crippen molar-refractivity contribution in [3.05, 3.63) is 29.5 Å². The van der Waals surface area contributed by atoms with Crippen LogP contribution in [0.15, 0.2) is 22.6 Å². The zero-order valence-electron chi connectivity index (χ0n) is 14.5. The largest absolute Gasteiger partial charge is 0.493 e. The summed E-state index contributed by atoms with van der Waals surface area (Å²) in [6, 6.07) is 5.74. The van der Waals surface area contributed by atoms with E-state index in [1.807, 2.05) is 12.1 Å². The van der Waals surface area contributed by atoms with Crippen LogP contribution in [0, 0.1) is 0 Å². The van der Waals surface area contributed by atoms with E-state index in [4.69, 9.17) is 13.9 Å². The number of ketones is 1. The highest BCUT2D eigenvalue weighted by Gasteiger charge is 2.27. The lowest BCUT2D eigenvalue weighted by molar-refractivity contribution is 0.0343. The van der Waals surface area contributed by atoms with Crippen molar-refractivity contribution in [3.63, 3.8) is 0 Å². The Kier molecular flexibility index (Phi) is 4.74. The predicted molar refractivity (Wildman–Crippen MR) is 94.2 cm³/mol. The van der Waals surface area contributed by atoms with Gasteiger partial charge in [0.2, 0.25) is 5.78 Å². The molecule has 3 heterocycles. The number of furan rings is 1. The number of carbonyl (C=O) groups excluding carboxylic acids is 1. The lowest BCUT2D eigenvalue weighted by Crippen LogP contribution is -2.35. The first-order valence-corrected chi connectivity index (χ1v) is 8.93. The smallest absolute Gasteiger partial charge is 0.214 e. The second-order valence-electron chi connectivity index (χ2n) is 6.68. The van der Waals surface area contributed by atoms with Crippen molar-refractivity contribution in [2.24, 2.45) is 0 Å². The van der Waals surface area contributed by atoms with E-state index in [0.717, 1.165) is 63.2 Å². The maximum atomic E-state index is 12.7. The van der Waals surface area contributed by atoms with Gasteiger partial charge in [-0.3, -0.25) is 9.69 Å². The summed E-state index contributed by atoms with van der Waals surface area (Å²) in [5.41, 5.74) is 1.81. The fourth-order valence-electron chi connectivity index (χ4n) is 3.65. The Hall–Kier alpha value is -1.89. The Morgan fingerprint density at radius 3 is 2.92 bits per heavy atom. The molecular formula is C19H24N2O4. The quantitative estimate of drug-likeness (QED) is 0.839. The fourth-order valence-corrected chi connectivity index (χ4v) is 3.65. The van der Waals surface area contributed by atoms with Gasteiger partial charge in [-0.2, -0.15) is 0 Å². The van der Waals surface area contributed by atoms with Gasteiger partial charge in [-0.1, -0.05) is 6.07 Å². The molecule has 6 nitrogen and oxygen atoms in total. The summed E-state index contributed by atoms with van der Waals surface area (Å²) in [6.45, 7) is 5.08. The van der Waals surface area contributed by atoms with Gasteiger partial charge < -0.3 is 19.2 Å². The van der Waals surface area contributed by atoms with E-state index in [1.54, 1.807) is 7.11 Å². The number of benzene rings is 1. The molecule has 2 fully saturated rings. The molecule has 2 saturated heterocycles. The van der Waals surface area contributed by atoms with Gasteiger partial charge in [-0.05, 0) is 37.1 Å². The minimum absolute atomic E-state index is 0.0353. The number of nitrogens with one attached hydrogen (secondary N) is 1. The van der Waals surface area contributed by atoms with E-state index in [-0.39, 0.29) is 11.8 Å². The maximum absolute atomic E-state index is 12.7. The molecule has 1 aromatic carbocycles. The van der Waals surface area contributed by atoms with Crippen molar-refractivity contribution in [3.8, 4) is 5.75 Å². The van der Waals surface area contributed by atoms with Gasteiger partial charge in [0.05, 0.1) is 26.4 Å². The molecule has 0 radical (unpaired) electrons. The summed E-state index contributed by atoms with van der Waals surface area (Å²) in [7, 11) is 1.62. The maximum Gasteiger partial charge on any atom is 0.214 e. The molecule has 6 heteroatoms. The Balaban J connectivity index is 1.67. The van der Waals surface area contributed by atoms with Gasteiger partial charge >= 0.3 is 0 Å². The summed E-state index contributed by atoms with van der Waals surface area (Å²) in [6.07, 6.45) is 1.90. The van der Waals surface area contributed by atoms with Crippen LogP contribution in [0.5, 0.6) is 5.75 Å². The van der Waals surface area contributed by atoms with E-state index >= 15 is 0 Å². The highest BCUT2D eigenvalue weighted by Crippen LogP contribution is 2.33. The molecule has 0 spiro atoms. The molecule has 0 saturated carbocycles. The number of Topliss-reactive ketones (excluding diaryl/α,β-unsaturated/α-hetero) is 1. The summed E-state index contributed by atoms with van der Waals surface area (Å²) in [5, 5.41) is 4.21. The minimum atomic E-state index is -0.130. The zero-order chi connectivity index (χ0) is 17.2. The molecule has 0 aliphatic carbocycles. The minimum Gasteiger partial charge on any atom is -0.493 e. The summed E-state index contributed by atoms with van der Waals surface area (Å²) in [4.78, 5) is 15.1. The second-order valence-corrected chi connectivity index (χ2v) is 6.68. The van der Waals surface area contributed by atoms with Gasteiger partial charge in [0.1, 0.15) is 0 Å². The molecule has 2 aromatic rings. The zero-order valence-corrected chi connectivity index (χ0v) is 14.5. The molecule has 2 aliphatic heterocycles. The fraction of sp³-hybridized carbons (Fsp3) is 0.526. The summed E-state index contributed by atoms with van der Waals surface area (Å²) >= 11 is 0. The lowest BCUT2D eigenvalue weighted by Gasteiger charge is -2.26. The molecule has 134 valence electrons. The summed E-state index contributed by atoms with van der Waals surface area (Å²) < 4.78 is 16.8. The molecular weight excluding hydrogens is 320 g/mol. The van der Waals surface area contributed by atoms with Gasteiger partial charge in [0.25, 0.3) is 0 Å². The van der Waals surface area contributed by atoms with Gasteiger partial charge in [-0.15, -0.1) is 0 Å². The van der Waals surface area contributed by atoms with E-state index in [2.05, 4.69) is 16.3 Å². The Labute approximate surface area is 147 Å². The van der Waals surface area contributed by atoms with Crippen molar-refractivity contribution in [2.45, 2.75) is 25.4 Å². The number of rotatable bonds is 5. The number of hydrogen-bond acceptors (Lipinski definition) is 6. The topological polar surface area (TPSA) is 63.9 Å². The standard InChI is InChI=1S/C19H24N2O4/c1-23-16-5-4-13(12-21-7-9-24-10-8-21)14-11-17(25-19(14)16)18(22)15-3-2-6-20-15/h4-5,11,15,20H,2-3,6-10,12H2,1H3. The first kappa shape index (κ1) is 16.6. The van der Waals surface area contributed by atoms with Crippen LogP contribution >= 0.6 is 0 Å².